The van der Waals surface area contributed by atoms with Crippen LogP contribution < -0.4 is 0 Å². The second kappa shape index (κ2) is 18.3. The summed E-state index contributed by atoms with van der Waals surface area (Å²) in [6.07, 6.45) is 19.5. The predicted octanol–water partition coefficient (Wildman–Crippen LogP) is 4.52. The van der Waals surface area contributed by atoms with Crippen molar-refractivity contribution >= 4 is 0 Å². The van der Waals surface area contributed by atoms with E-state index >= 15 is 0 Å². The molecule has 4 atom stereocenters. The second-order valence-corrected chi connectivity index (χ2v) is 8.40. The fraction of sp³-hybridized carbons (Fsp3) is 0.917. The fourth-order valence-corrected chi connectivity index (χ4v) is 3.91. The maximum absolute atomic E-state index is 9.83. The van der Waals surface area contributed by atoms with Crippen molar-refractivity contribution in [2.75, 3.05) is 19.8 Å². The van der Waals surface area contributed by atoms with Gasteiger partial charge in [-0.3, -0.25) is 0 Å². The van der Waals surface area contributed by atoms with Gasteiger partial charge >= 0.3 is 0 Å². The van der Waals surface area contributed by atoms with Crippen molar-refractivity contribution in [3.05, 3.63) is 12.2 Å². The first-order chi connectivity index (χ1) is 14.2. The fourth-order valence-electron chi connectivity index (χ4n) is 3.91. The molecule has 0 aromatic rings. The van der Waals surface area contributed by atoms with Crippen LogP contribution in [0.5, 0.6) is 0 Å². The number of aliphatic hydroxyl groups excluding tert-OH is 3. The first-order valence-electron chi connectivity index (χ1n) is 12.0. The molecular weight excluding hydrogens is 368 g/mol. The SMILES string of the molecule is C/C=C/CCCCCCCCCCCCCCCO[C@@H](CO)[C@H]1OC[C@@H](O)[C@H]1O. The molecule has 1 rings (SSSR count). The summed E-state index contributed by atoms with van der Waals surface area (Å²) in [6, 6.07) is 0. The number of aliphatic hydroxyl groups is 3. The Bertz CT molecular complexity index is 387. The van der Waals surface area contributed by atoms with Crippen molar-refractivity contribution in [3.8, 4) is 0 Å². The van der Waals surface area contributed by atoms with E-state index < -0.39 is 24.4 Å². The van der Waals surface area contributed by atoms with Crippen molar-refractivity contribution in [1.82, 2.24) is 0 Å². The van der Waals surface area contributed by atoms with Gasteiger partial charge in [0.05, 0.1) is 13.2 Å². The van der Waals surface area contributed by atoms with Crippen molar-refractivity contribution < 1.29 is 24.8 Å². The molecule has 0 saturated carbocycles. The minimum Gasteiger partial charge on any atom is -0.394 e. The Morgan fingerprint density at radius 2 is 1.38 bits per heavy atom. The number of unbranched alkanes of at least 4 members (excludes halogenated alkanes) is 13. The van der Waals surface area contributed by atoms with Crippen LogP contribution >= 0.6 is 0 Å². The van der Waals surface area contributed by atoms with E-state index in [2.05, 4.69) is 19.1 Å². The predicted molar refractivity (Wildman–Crippen MR) is 118 cm³/mol. The summed E-state index contributed by atoms with van der Waals surface area (Å²) in [5.41, 5.74) is 0. The van der Waals surface area contributed by atoms with Gasteiger partial charge < -0.3 is 24.8 Å². The molecule has 1 heterocycles. The lowest BCUT2D eigenvalue weighted by atomic mass is 10.0. The highest BCUT2D eigenvalue weighted by atomic mass is 16.6. The molecule has 0 amide bonds. The average molecular weight is 415 g/mol. The lowest BCUT2D eigenvalue weighted by Gasteiger charge is -2.24. The maximum atomic E-state index is 9.83. The molecule has 0 unspecified atom stereocenters. The van der Waals surface area contributed by atoms with Crippen molar-refractivity contribution in [2.45, 2.75) is 121 Å². The Kier molecular flexibility index (Phi) is 16.8. The van der Waals surface area contributed by atoms with Crippen LogP contribution in [0.2, 0.25) is 0 Å². The molecule has 0 aliphatic carbocycles. The smallest absolute Gasteiger partial charge is 0.114 e. The van der Waals surface area contributed by atoms with Gasteiger partial charge in [-0.2, -0.15) is 0 Å². The van der Waals surface area contributed by atoms with E-state index in [1.807, 2.05) is 0 Å². The topological polar surface area (TPSA) is 79.2 Å². The first kappa shape index (κ1) is 26.6. The van der Waals surface area contributed by atoms with E-state index in [0.29, 0.717) is 6.61 Å². The molecule has 172 valence electrons. The van der Waals surface area contributed by atoms with Crippen LogP contribution in [0.4, 0.5) is 0 Å². The summed E-state index contributed by atoms with van der Waals surface area (Å²) in [5.74, 6) is 0. The summed E-state index contributed by atoms with van der Waals surface area (Å²) in [6.45, 7) is 2.55. The number of hydrogen-bond donors (Lipinski definition) is 3. The Balaban J connectivity index is 1.82. The molecule has 0 aromatic heterocycles. The number of hydrogen-bond acceptors (Lipinski definition) is 5. The molecule has 29 heavy (non-hydrogen) atoms. The van der Waals surface area contributed by atoms with Crippen LogP contribution in [-0.4, -0.2) is 59.6 Å². The quantitative estimate of drug-likeness (QED) is 0.214. The summed E-state index contributed by atoms with van der Waals surface area (Å²) in [5, 5.41) is 28.8. The van der Waals surface area contributed by atoms with Crippen molar-refractivity contribution in [1.29, 1.82) is 0 Å². The van der Waals surface area contributed by atoms with Gasteiger partial charge in [0.1, 0.15) is 24.4 Å². The largest absolute Gasteiger partial charge is 0.394 e. The summed E-state index contributed by atoms with van der Waals surface area (Å²) in [7, 11) is 0. The Labute approximate surface area is 178 Å². The maximum Gasteiger partial charge on any atom is 0.114 e. The van der Waals surface area contributed by atoms with E-state index in [-0.39, 0.29) is 13.2 Å². The molecule has 1 saturated heterocycles. The highest BCUT2D eigenvalue weighted by molar-refractivity contribution is 4.88. The van der Waals surface area contributed by atoms with Crippen molar-refractivity contribution in [3.63, 3.8) is 0 Å². The molecule has 1 aliphatic heterocycles. The van der Waals surface area contributed by atoms with Gasteiger partial charge in [0.2, 0.25) is 0 Å². The zero-order chi connectivity index (χ0) is 21.2. The van der Waals surface area contributed by atoms with Crippen LogP contribution in [-0.2, 0) is 9.47 Å². The molecule has 0 bridgehead atoms. The standard InChI is InChI=1S/C24H46O5/c1-2-3-4-5-6-7-8-9-10-11-12-13-14-15-16-17-18-28-22(19-25)24-23(27)21(26)20-29-24/h2-3,21-27H,4-20H2,1H3/b3-2+/t21-,22+,23-,24-/m1/s1. The highest BCUT2D eigenvalue weighted by Gasteiger charge is 2.40. The van der Waals surface area contributed by atoms with E-state index in [1.165, 1.54) is 77.0 Å². The van der Waals surface area contributed by atoms with E-state index in [1.54, 1.807) is 0 Å². The third kappa shape index (κ3) is 12.7. The van der Waals surface area contributed by atoms with Crippen LogP contribution in [0.25, 0.3) is 0 Å². The van der Waals surface area contributed by atoms with Gasteiger partial charge in [-0.1, -0.05) is 82.8 Å². The lowest BCUT2D eigenvalue weighted by Crippen LogP contribution is -2.42. The van der Waals surface area contributed by atoms with Crippen LogP contribution in [0.15, 0.2) is 12.2 Å². The van der Waals surface area contributed by atoms with Gasteiger partial charge in [0, 0.05) is 6.61 Å². The summed E-state index contributed by atoms with van der Waals surface area (Å²) in [4.78, 5) is 0. The Hall–Kier alpha value is -0.460. The molecular formula is C24H46O5. The minimum atomic E-state index is -0.977. The zero-order valence-electron chi connectivity index (χ0n) is 18.6. The summed E-state index contributed by atoms with van der Waals surface area (Å²) < 4.78 is 11.0. The van der Waals surface area contributed by atoms with E-state index in [9.17, 15) is 15.3 Å². The zero-order valence-corrected chi connectivity index (χ0v) is 18.6. The van der Waals surface area contributed by atoms with Crippen LogP contribution in [0.1, 0.15) is 96.8 Å². The Morgan fingerprint density at radius 3 is 1.83 bits per heavy atom. The van der Waals surface area contributed by atoms with E-state index in [4.69, 9.17) is 9.47 Å². The van der Waals surface area contributed by atoms with Gasteiger partial charge in [-0.25, -0.2) is 0 Å². The highest BCUT2D eigenvalue weighted by Crippen LogP contribution is 2.20. The molecule has 0 aromatic carbocycles. The molecule has 0 spiro atoms. The molecule has 1 aliphatic rings. The third-order valence-electron chi connectivity index (χ3n) is 5.82. The second-order valence-electron chi connectivity index (χ2n) is 8.40. The number of rotatable bonds is 19. The molecule has 1 fully saturated rings. The van der Waals surface area contributed by atoms with Gasteiger partial charge in [-0.15, -0.1) is 0 Å². The molecule has 5 heteroatoms. The molecule has 3 N–H and O–H groups in total. The normalized spacial score (nSPS) is 23.2. The van der Waals surface area contributed by atoms with E-state index in [0.717, 1.165) is 12.8 Å². The first-order valence-corrected chi connectivity index (χ1v) is 12.0. The number of allylic oxidation sites excluding steroid dienone is 2. The van der Waals surface area contributed by atoms with Crippen molar-refractivity contribution in [2.24, 2.45) is 0 Å². The molecule has 0 radical (unpaired) electrons. The monoisotopic (exact) mass is 414 g/mol. The van der Waals surface area contributed by atoms with Gasteiger partial charge in [-0.05, 0) is 26.2 Å². The van der Waals surface area contributed by atoms with Gasteiger partial charge in [0.15, 0.2) is 0 Å². The molecule has 5 nitrogen and oxygen atoms in total. The average Bonchev–Trinajstić information content (AvgIpc) is 3.06. The van der Waals surface area contributed by atoms with Crippen LogP contribution in [0.3, 0.4) is 0 Å². The Morgan fingerprint density at radius 1 is 0.862 bits per heavy atom. The van der Waals surface area contributed by atoms with Crippen LogP contribution in [0, 0.1) is 0 Å². The third-order valence-corrected chi connectivity index (χ3v) is 5.82. The minimum absolute atomic E-state index is 0.0998. The lowest BCUT2D eigenvalue weighted by molar-refractivity contribution is -0.101. The summed E-state index contributed by atoms with van der Waals surface area (Å²) >= 11 is 0. The number of ether oxygens (including phenoxy) is 2. The van der Waals surface area contributed by atoms with Gasteiger partial charge in [0.25, 0.3) is 0 Å².